The summed E-state index contributed by atoms with van der Waals surface area (Å²) < 4.78 is 29.7. The molecule has 0 radical (unpaired) electrons. The number of rotatable bonds is 9. The molecule has 0 aliphatic heterocycles. The van der Waals surface area contributed by atoms with Crippen molar-refractivity contribution in [3.8, 4) is 0 Å². The summed E-state index contributed by atoms with van der Waals surface area (Å²) in [6.07, 6.45) is 0. The number of nitrogens with zero attached hydrogens (tertiary/aromatic N) is 2. The van der Waals surface area contributed by atoms with Gasteiger partial charge in [-0.05, 0) is 94.6 Å². The second-order valence-electron chi connectivity index (χ2n) is 10.7. The van der Waals surface area contributed by atoms with Crippen molar-refractivity contribution >= 4 is 43.5 Å². The van der Waals surface area contributed by atoms with Gasteiger partial charge in [-0.25, -0.2) is 8.42 Å². The van der Waals surface area contributed by atoms with E-state index in [0.29, 0.717) is 5.69 Å². The van der Waals surface area contributed by atoms with Crippen LogP contribution in [0.25, 0.3) is 0 Å². The van der Waals surface area contributed by atoms with Crippen LogP contribution < -0.4 is 9.62 Å². The van der Waals surface area contributed by atoms with E-state index in [-0.39, 0.29) is 17.3 Å². The lowest BCUT2D eigenvalue weighted by atomic mass is 10.1. The van der Waals surface area contributed by atoms with E-state index in [2.05, 4.69) is 21.2 Å². The molecule has 0 heterocycles. The van der Waals surface area contributed by atoms with Crippen LogP contribution in [0.3, 0.4) is 0 Å². The minimum atomic E-state index is -4.09. The second-order valence-corrected chi connectivity index (χ2v) is 13.4. The lowest BCUT2D eigenvalue weighted by Gasteiger charge is -2.33. The molecule has 1 unspecified atom stereocenters. The summed E-state index contributed by atoms with van der Waals surface area (Å²) in [6.45, 7) is 10.7. The van der Waals surface area contributed by atoms with Gasteiger partial charge in [0.1, 0.15) is 12.6 Å². The molecule has 3 aromatic carbocycles. The number of carbonyl (C=O) groups excluding carboxylic acids is 2. The maximum absolute atomic E-state index is 14.0. The Hall–Kier alpha value is -3.17. The normalized spacial score (nSPS) is 12.5. The molecule has 0 spiro atoms. The van der Waals surface area contributed by atoms with Crippen molar-refractivity contribution in [2.24, 2.45) is 0 Å². The van der Waals surface area contributed by atoms with Gasteiger partial charge in [0.05, 0.1) is 10.6 Å². The molecule has 7 nitrogen and oxygen atoms in total. The summed E-state index contributed by atoms with van der Waals surface area (Å²) in [6, 6.07) is 19.9. The quantitative estimate of drug-likeness (QED) is 0.341. The van der Waals surface area contributed by atoms with E-state index in [1.165, 1.54) is 17.0 Å². The van der Waals surface area contributed by atoms with Crippen LogP contribution in [0.5, 0.6) is 0 Å². The van der Waals surface area contributed by atoms with Gasteiger partial charge in [-0.15, -0.1) is 0 Å². The van der Waals surface area contributed by atoms with Crippen LogP contribution in [0, 0.1) is 13.8 Å². The molecule has 0 fully saturated rings. The predicted molar refractivity (Wildman–Crippen MR) is 159 cm³/mol. The molecule has 2 amide bonds. The molecule has 1 N–H and O–H groups in total. The number of hydrogen-bond donors (Lipinski definition) is 1. The van der Waals surface area contributed by atoms with Gasteiger partial charge in [-0.2, -0.15) is 0 Å². The molecule has 0 aliphatic carbocycles. The topological polar surface area (TPSA) is 86.8 Å². The Balaban J connectivity index is 2.05. The molecule has 0 aromatic heterocycles. The fourth-order valence-corrected chi connectivity index (χ4v) is 5.89. The van der Waals surface area contributed by atoms with Gasteiger partial charge in [-0.3, -0.25) is 13.9 Å². The zero-order valence-electron chi connectivity index (χ0n) is 23.2. The molecule has 3 rings (SSSR count). The number of nitrogens with one attached hydrogen (secondary N) is 1. The first kappa shape index (κ1) is 30.4. The molecule has 208 valence electrons. The predicted octanol–water partition coefficient (Wildman–Crippen LogP) is 5.59. The third-order valence-corrected chi connectivity index (χ3v) is 8.58. The average Bonchev–Trinajstić information content (AvgIpc) is 2.86. The molecule has 0 bridgehead atoms. The second kappa shape index (κ2) is 12.3. The molecule has 0 aliphatic rings. The Bertz CT molecular complexity index is 1440. The number of halogens is 1. The zero-order valence-corrected chi connectivity index (χ0v) is 25.6. The first-order valence-electron chi connectivity index (χ1n) is 12.7. The van der Waals surface area contributed by atoms with Gasteiger partial charge >= 0.3 is 0 Å². The summed E-state index contributed by atoms with van der Waals surface area (Å²) in [4.78, 5) is 28.7. The highest BCUT2D eigenvalue weighted by atomic mass is 79.9. The van der Waals surface area contributed by atoms with Gasteiger partial charge < -0.3 is 10.2 Å². The number of sulfonamides is 1. The lowest BCUT2D eigenvalue weighted by molar-refractivity contribution is -0.140. The summed E-state index contributed by atoms with van der Waals surface area (Å²) >= 11 is 3.46. The van der Waals surface area contributed by atoms with Crippen LogP contribution in [0.4, 0.5) is 5.69 Å². The molecule has 0 saturated heterocycles. The molecule has 1 atom stereocenters. The van der Waals surface area contributed by atoms with E-state index in [0.717, 1.165) is 25.5 Å². The Morgan fingerprint density at radius 3 is 2.18 bits per heavy atom. The van der Waals surface area contributed by atoms with Crippen LogP contribution in [0.2, 0.25) is 0 Å². The summed E-state index contributed by atoms with van der Waals surface area (Å²) in [7, 11) is -4.09. The monoisotopic (exact) mass is 613 g/mol. The Kier molecular flexibility index (Phi) is 9.61. The molecule has 39 heavy (non-hydrogen) atoms. The number of benzene rings is 3. The van der Waals surface area contributed by atoms with E-state index in [4.69, 9.17) is 0 Å². The number of amides is 2. The van der Waals surface area contributed by atoms with E-state index < -0.39 is 34.1 Å². The van der Waals surface area contributed by atoms with Crippen molar-refractivity contribution in [3.05, 3.63) is 94.0 Å². The van der Waals surface area contributed by atoms with Crippen LogP contribution >= 0.6 is 15.9 Å². The molecular weight excluding hydrogens is 578 g/mol. The molecular formula is C30H36BrN3O4S. The Labute approximate surface area is 240 Å². The smallest absolute Gasteiger partial charge is 0.264 e. The minimum absolute atomic E-state index is 0.0769. The van der Waals surface area contributed by atoms with E-state index in [1.807, 2.05) is 65.0 Å². The standard InChI is InChI=1S/C30H36BrN3O4S/c1-21-15-16-26(17-22(21)2)34(39(37,38)27-13-8-7-9-14-27)20-28(35)33(19-24-11-10-12-25(31)18-24)23(3)29(36)32-30(4,5)6/h7-18,23H,19-20H2,1-6H3,(H,32,36). The highest BCUT2D eigenvalue weighted by molar-refractivity contribution is 9.10. The highest BCUT2D eigenvalue weighted by Gasteiger charge is 2.33. The number of aryl methyl sites for hydroxylation is 2. The van der Waals surface area contributed by atoms with E-state index >= 15 is 0 Å². The van der Waals surface area contributed by atoms with Crippen LogP contribution in [-0.4, -0.2) is 43.3 Å². The first-order valence-corrected chi connectivity index (χ1v) is 14.9. The van der Waals surface area contributed by atoms with Crippen LogP contribution in [0.1, 0.15) is 44.4 Å². The van der Waals surface area contributed by atoms with E-state index in [1.54, 1.807) is 37.3 Å². The van der Waals surface area contributed by atoms with Gasteiger partial charge in [0, 0.05) is 16.6 Å². The molecule has 9 heteroatoms. The number of carbonyl (C=O) groups is 2. The Morgan fingerprint density at radius 2 is 1.59 bits per heavy atom. The number of anilines is 1. The van der Waals surface area contributed by atoms with Crippen molar-refractivity contribution in [2.75, 3.05) is 10.8 Å². The summed E-state index contributed by atoms with van der Waals surface area (Å²) in [5.74, 6) is -0.821. The summed E-state index contributed by atoms with van der Waals surface area (Å²) in [5.41, 5.74) is 2.59. The zero-order chi connectivity index (χ0) is 29.0. The van der Waals surface area contributed by atoms with E-state index in [9.17, 15) is 18.0 Å². The van der Waals surface area contributed by atoms with Crippen molar-refractivity contribution in [1.82, 2.24) is 10.2 Å². The lowest BCUT2D eigenvalue weighted by Crippen LogP contribution is -2.54. The maximum atomic E-state index is 14.0. The average molecular weight is 615 g/mol. The highest BCUT2D eigenvalue weighted by Crippen LogP contribution is 2.26. The largest absolute Gasteiger partial charge is 0.350 e. The third kappa shape index (κ3) is 7.92. The van der Waals surface area contributed by atoms with Crippen molar-refractivity contribution in [2.45, 2.75) is 64.6 Å². The molecule has 0 saturated carbocycles. The van der Waals surface area contributed by atoms with Gasteiger partial charge in [0.15, 0.2) is 0 Å². The van der Waals surface area contributed by atoms with Crippen LogP contribution in [-0.2, 0) is 26.2 Å². The minimum Gasteiger partial charge on any atom is -0.350 e. The molecule has 3 aromatic rings. The van der Waals surface area contributed by atoms with Crippen molar-refractivity contribution in [1.29, 1.82) is 0 Å². The Morgan fingerprint density at radius 1 is 0.923 bits per heavy atom. The third-order valence-electron chi connectivity index (χ3n) is 6.30. The van der Waals surface area contributed by atoms with Crippen molar-refractivity contribution in [3.63, 3.8) is 0 Å². The van der Waals surface area contributed by atoms with Crippen LogP contribution in [0.15, 0.2) is 82.2 Å². The van der Waals surface area contributed by atoms with Gasteiger partial charge in [0.25, 0.3) is 10.0 Å². The first-order chi connectivity index (χ1) is 18.2. The maximum Gasteiger partial charge on any atom is 0.264 e. The van der Waals surface area contributed by atoms with Crippen molar-refractivity contribution < 1.29 is 18.0 Å². The van der Waals surface area contributed by atoms with Gasteiger partial charge in [0.2, 0.25) is 11.8 Å². The summed E-state index contributed by atoms with van der Waals surface area (Å²) in [5, 5.41) is 2.93. The fourth-order valence-electron chi connectivity index (χ4n) is 4.02. The number of hydrogen-bond acceptors (Lipinski definition) is 4. The SMILES string of the molecule is Cc1ccc(N(CC(=O)N(Cc2cccc(Br)c2)C(C)C(=O)NC(C)(C)C)S(=O)(=O)c2ccccc2)cc1C. The fraction of sp³-hybridized carbons (Fsp3) is 0.333. The van der Waals surface area contributed by atoms with Gasteiger partial charge in [-0.1, -0.05) is 52.3 Å².